The highest BCUT2D eigenvalue weighted by Gasteiger charge is 2.19. The molecule has 0 aliphatic carbocycles. The minimum Gasteiger partial charge on any atom is -0.333 e. The van der Waals surface area contributed by atoms with Crippen molar-refractivity contribution in [3.63, 3.8) is 0 Å². The summed E-state index contributed by atoms with van der Waals surface area (Å²) in [5, 5.41) is 4.58. The van der Waals surface area contributed by atoms with Crippen molar-refractivity contribution in [3.05, 3.63) is 52.6 Å². The molecule has 0 atom stereocenters. The number of aromatic nitrogens is 4. The van der Waals surface area contributed by atoms with Crippen LogP contribution in [0, 0.1) is 6.92 Å². The molecule has 4 aromatic rings. The quantitative estimate of drug-likeness (QED) is 0.615. The highest BCUT2D eigenvalue weighted by atomic mass is 32.1. The van der Waals surface area contributed by atoms with Crippen LogP contribution in [-0.4, -0.2) is 20.1 Å². The van der Waals surface area contributed by atoms with Crippen LogP contribution in [0.4, 0.5) is 0 Å². The van der Waals surface area contributed by atoms with E-state index in [-0.39, 0.29) is 5.56 Å². The summed E-state index contributed by atoms with van der Waals surface area (Å²) < 4.78 is 5.36. The molecule has 6 nitrogen and oxygen atoms in total. The first kappa shape index (κ1) is 12.9. The second kappa shape index (κ2) is 4.88. The number of nitrogens with zero attached hydrogens (tertiary/aromatic N) is 3. The van der Waals surface area contributed by atoms with Gasteiger partial charge < -0.3 is 9.51 Å². The van der Waals surface area contributed by atoms with Crippen LogP contribution < -0.4 is 5.56 Å². The number of hydrogen-bond donors (Lipinski definition) is 1. The summed E-state index contributed by atoms with van der Waals surface area (Å²) in [7, 11) is 0. The molecule has 0 saturated heterocycles. The molecule has 0 amide bonds. The van der Waals surface area contributed by atoms with E-state index >= 15 is 0 Å². The molecule has 0 bridgehead atoms. The van der Waals surface area contributed by atoms with Gasteiger partial charge in [0.25, 0.3) is 11.4 Å². The van der Waals surface area contributed by atoms with Gasteiger partial charge in [0.15, 0.2) is 0 Å². The second-order valence-corrected chi connectivity index (χ2v) is 5.76. The van der Waals surface area contributed by atoms with Crippen LogP contribution in [0.15, 0.2) is 46.0 Å². The Kier molecular flexibility index (Phi) is 2.87. The van der Waals surface area contributed by atoms with E-state index < -0.39 is 0 Å². The smallest absolute Gasteiger partial charge is 0.268 e. The maximum Gasteiger partial charge on any atom is 0.268 e. The number of nitrogens with one attached hydrogen (secondary N) is 1. The Balaban J connectivity index is 1.87. The minimum absolute atomic E-state index is 0.159. The Hall–Kier alpha value is -2.80. The largest absolute Gasteiger partial charge is 0.333 e. The van der Waals surface area contributed by atoms with Gasteiger partial charge in [0.2, 0.25) is 5.82 Å². The minimum atomic E-state index is -0.159. The highest BCUT2D eigenvalue weighted by molar-refractivity contribution is 7.22. The van der Waals surface area contributed by atoms with Crippen LogP contribution in [0.5, 0.6) is 0 Å². The molecule has 0 aliphatic rings. The molecule has 3 heterocycles. The molecule has 108 valence electrons. The lowest BCUT2D eigenvalue weighted by Gasteiger charge is -1.91. The van der Waals surface area contributed by atoms with E-state index in [1.807, 2.05) is 37.3 Å². The summed E-state index contributed by atoms with van der Waals surface area (Å²) in [5.74, 6) is 0.924. The average molecular weight is 310 g/mol. The van der Waals surface area contributed by atoms with Crippen LogP contribution in [0.2, 0.25) is 0 Å². The molecular weight excluding hydrogens is 300 g/mol. The van der Waals surface area contributed by atoms with Crippen LogP contribution in [-0.2, 0) is 0 Å². The Morgan fingerprint density at radius 2 is 2.05 bits per heavy atom. The van der Waals surface area contributed by atoms with Crippen LogP contribution in [0.3, 0.4) is 0 Å². The van der Waals surface area contributed by atoms with E-state index in [1.54, 1.807) is 0 Å². The lowest BCUT2D eigenvalue weighted by Crippen LogP contribution is -2.05. The Morgan fingerprint density at radius 3 is 2.82 bits per heavy atom. The van der Waals surface area contributed by atoms with E-state index in [0.29, 0.717) is 21.9 Å². The molecule has 0 unspecified atom stereocenters. The molecule has 0 fully saturated rings. The summed E-state index contributed by atoms with van der Waals surface area (Å²) in [6.07, 6.45) is 1.40. The third kappa shape index (κ3) is 1.94. The molecule has 22 heavy (non-hydrogen) atoms. The molecule has 0 aliphatic heterocycles. The summed E-state index contributed by atoms with van der Waals surface area (Å²) >= 11 is 1.37. The van der Waals surface area contributed by atoms with Crippen LogP contribution in [0.25, 0.3) is 32.4 Å². The number of thiophene rings is 1. The van der Waals surface area contributed by atoms with Crippen molar-refractivity contribution in [2.24, 2.45) is 0 Å². The third-order valence-electron chi connectivity index (χ3n) is 3.38. The molecule has 0 saturated carbocycles. The highest BCUT2D eigenvalue weighted by Crippen LogP contribution is 2.35. The summed E-state index contributed by atoms with van der Waals surface area (Å²) in [5.41, 5.74) is 1.53. The van der Waals surface area contributed by atoms with Gasteiger partial charge in [-0.1, -0.05) is 35.5 Å². The molecule has 1 N–H and O–H groups in total. The monoisotopic (exact) mass is 310 g/mol. The van der Waals surface area contributed by atoms with Crippen LogP contribution >= 0.6 is 11.3 Å². The normalized spacial score (nSPS) is 11.1. The average Bonchev–Trinajstić information content (AvgIpc) is 3.14. The molecule has 4 rings (SSSR count). The zero-order valence-electron chi connectivity index (χ0n) is 11.5. The molecule has 7 heteroatoms. The van der Waals surface area contributed by atoms with Crippen molar-refractivity contribution >= 4 is 21.6 Å². The zero-order valence-corrected chi connectivity index (χ0v) is 12.3. The lowest BCUT2D eigenvalue weighted by molar-refractivity contribution is 0.433. The van der Waals surface area contributed by atoms with Gasteiger partial charge in [-0.25, -0.2) is 4.98 Å². The maximum absolute atomic E-state index is 11.9. The van der Waals surface area contributed by atoms with Gasteiger partial charge >= 0.3 is 0 Å². The first-order valence-corrected chi connectivity index (χ1v) is 7.42. The fourth-order valence-corrected chi connectivity index (χ4v) is 3.37. The van der Waals surface area contributed by atoms with E-state index in [9.17, 15) is 4.79 Å². The molecule has 0 spiro atoms. The van der Waals surface area contributed by atoms with Crippen LogP contribution in [0.1, 0.15) is 5.56 Å². The third-order valence-corrected chi connectivity index (χ3v) is 4.57. The Bertz CT molecular complexity index is 1020. The topological polar surface area (TPSA) is 84.7 Å². The number of aromatic amines is 1. The van der Waals surface area contributed by atoms with E-state index in [4.69, 9.17) is 4.52 Å². The summed E-state index contributed by atoms with van der Waals surface area (Å²) in [6.45, 7) is 1.86. The van der Waals surface area contributed by atoms with Gasteiger partial charge in [0.05, 0.1) is 16.6 Å². The number of aryl methyl sites for hydroxylation is 1. The van der Waals surface area contributed by atoms with Gasteiger partial charge in [0.1, 0.15) is 4.83 Å². The molecule has 0 radical (unpaired) electrons. The predicted molar refractivity (Wildman–Crippen MR) is 83.7 cm³/mol. The Labute approximate surface area is 128 Å². The van der Waals surface area contributed by atoms with E-state index in [1.165, 1.54) is 17.7 Å². The van der Waals surface area contributed by atoms with E-state index in [0.717, 1.165) is 16.0 Å². The molecule has 3 aromatic heterocycles. The molecule has 1 aromatic carbocycles. The maximum atomic E-state index is 11.9. The number of benzene rings is 1. The first-order chi connectivity index (χ1) is 10.7. The number of fused-ring (bicyclic) bond motifs is 1. The van der Waals surface area contributed by atoms with Gasteiger partial charge in [-0.2, -0.15) is 4.98 Å². The standard InChI is InChI=1S/C15H10N4O2S/c1-8-10-13(20)16-7-17-15(10)22-11(8)14-18-12(19-21-14)9-5-3-2-4-6-9/h2-7H,1H3,(H,16,17,20). The summed E-state index contributed by atoms with van der Waals surface area (Å²) in [6, 6.07) is 9.59. The van der Waals surface area contributed by atoms with Crippen molar-refractivity contribution in [1.82, 2.24) is 20.1 Å². The second-order valence-electron chi connectivity index (χ2n) is 4.76. The SMILES string of the molecule is Cc1c(-c2nc(-c3ccccc3)no2)sc2nc[nH]c(=O)c12. The van der Waals surface area contributed by atoms with Gasteiger partial charge in [-0.3, -0.25) is 4.79 Å². The number of rotatable bonds is 2. The fraction of sp³-hybridized carbons (Fsp3) is 0.0667. The van der Waals surface area contributed by atoms with Gasteiger partial charge in [0, 0.05) is 5.56 Å². The lowest BCUT2D eigenvalue weighted by atomic mass is 10.2. The van der Waals surface area contributed by atoms with Gasteiger partial charge in [-0.05, 0) is 12.5 Å². The summed E-state index contributed by atoms with van der Waals surface area (Å²) in [4.78, 5) is 24.6. The first-order valence-electron chi connectivity index (χ1n) is 6.60. The predicted octanol–water partition coefficient (Wildman–Crippen LogP) is 3.01. The van der Waals surface area contributed by atoms with Crippen molar-refractivity contribution in [2.45, 2.75) is 6.92 Å². The molecular formula is C15H10N4O2S. The van der Waals surface area contributed by atoms with Crippen molar-refractivity contribution in [1.29, 1.82) is 0 Å². The van der Waals surface area contributed by atoms with Crippen molar-refractivity contribution in [3.8, 4) is 22.2 Å². The Morgan fingerprint density at radius 1 is 1.23 bits per heavy atom. The van der Waals surface area contributed by atoms with Gasteiger partial charge in [-0.15, -0.1) is 11.3 Å². The number of hydrogen-bond acceptors (Lipinski definition) is 6. The zero-order chi connectivity index (χ0) is 15.1. The van der Waals surface area contributed by atoms with Crippen molar-refractivity contribution < 1.29 is 4.52 Å². The fourth-order valence-electron chi connectivity index (χ4n) is 2.30. The van der Waals surface area contributed by atoms with E-state index in [2.05, 4.69) is 20.1 Å². The number of H-pyrrole nitrogens is 1. The van der Waals surface area contributed by atoms with Crippen molar-refractivity contribution in [2.75, 3.05) is 0 Å².